The number of nitrogens with one attached hydrogen (secondary N) is 1. The van der Waals surface area contributed by atoms with E-state index in [1.54, 1.807) is 39.3 Å². The number of amides is 1. The van der Waals surface area contributed by atoms with Crippen LogP contribution in [0.5, 0.6) is 11.5 Å². The second kappa shape index (κ2) is 7.92. The number of ether oxygens (including phenoxy) is 3. The molecule has 2 aromatic rings. The maximum atomic E-state index is 13.0. The van der Waals surface area contributed by atoms with Crippen molar-refractivity contribution in [1.82, 2.24) is 0 Å². The fourth-order valence-electron chi connectivity index (χ4n) is 2.94. The van der Waals surface area contributed by atoms with Gasteiger partial charge in [-0.05, 0) is 36.8 Å². The maximum absolute atomic E-state index is 13.0. The summed E-state index contributed by atoms with van der Waals surface area (Å²) in [5.41, 5.74) is 1.43. The number of thioether (sulfide) groups is 1. The van der Waals surface area contributed by atoms with E-state index in [1.807, 2.05) is 24.3 Å². The minimum absolute atomic E-state index is 0.143. The molecular weight excluding hydrogens is 366 g/mol. The molecule has 1 aliphatic heterocycles. The van der Waals surface area contributed by atoms with E-state index in [4.69, 9.17) is 14.2 Å². The van der Waals surface area contributed by atoms with Crippen LogP contribution in [0.25, 0.3) is 0 Å². The average Bonchev–Trinajstić information content (AvgIpc) is 2.68. The molecule has 0 saturated carbocycles. The molecule has 1 aliphatic rings. The summed E-state index contributed by atoms with van der Waals surface area (Å²) in [6.45, 7) is 1.91. The van der Waals surface area contributed by atoms with Crippen molar-refractivity contribution < 1.29 is 23.8 Å². The van der Waals surface area contributed by atoms with E-state index in [9.17, 15) is 9.59 Å². The third kappa shape index (κ3) is 3.73. The van der Waals surface area contributed by atoms with Crippen LogP contribution in [-0.4, -0.2) is 37.4 Å². The topological polar surface area (TPSA) is 73.9 Å². The Morgan fingerprint density at radius 1 is 1.11 bits per heavy atom. The van der Waals surface area contributed by atoms with Gasteiger partial charge in [0.15, 0.2) is 0 Å². The van der Waals surface area contributed by atoms with Gasteiger partial charge in [-0.15, -0.1) is 0 Å². The van der Waals surface area contributed by atoms with Crippen molar-refractivity contribution in [1.29, 1.82) is 0 Å². The van der Waals surface area contributed by atoms with Gasteiger partial charge in [-0.3, -0.25) is 4.79 Å². The summed E-state index contributed by atoms with van der Waals surface area (Å²) in [5.74, 6) is 0.213. The van der Waals surface area contributed by atoms with Gasteiger partial charge < -0.3 is 19.5 Å². The van der Waals surface area contributed by atoms with E-state index in [-0.39, 0.29) is 13.0 Å². The van der Waals surface area contributed by atoms with Crippen LogP contribution in [0.4, 0.5) is 5.69 Å². The monoisotopic (exact) mass is 387 g/mol. The van der Waals surface area contributed by atoms with Crippen molar-refractivity contribution >= 4 is 29.3 Å². The number of methoxy groups -OCH3 is 2. The molecule has 0 spiro atoms. The Morgan fingerprint density at radius 2 is 1.78 bits per heavy atom. The highest BCUT2D eigenvalue weighted by Crippen LogP contribution is 2.45. The molecule has 0 saturated heterocycles. The van der Waals surface area contributed by atoms with Gasteiger partial charge in [0.1, 0.15) is 11.5 Å². The summed E-state index contributed by atoms with van der Waals surface area (Å²) in [5, 5.41) is 2.84. The zero-order valence-corrected chi connectivity index (χ0v) is 16.2. The second-order valence-corrected chi connectivity index (χ2v) is 7.34. The Balaban J connectivity index is 2.05. The number of benzene rings is 2. The van der Waals surface area contributed by atoms with E-state index in [0.717, 1.165) is 10.5 Å². The fourth-order valence-corrected chi connectivity index (χ4v) is 4.22. The summed E-state index contributed by atoms with van der Waals surface area (Å²) >= 11 is 1.21. The van der Waals surface area contributed by atoms with Crippen molar-refractivity contribution in [2.45, 2.75) is 23.0 Å². The van der Waals surface area contributed by atoms with Gasteiger partial charge in [-0.25, -0.2) is 4.79 Å². The predicted octanol–water partition coefficient (Wildman–Crippen LogP) is 3.29. The van der Waals surface area contributed by atoms with Crippen molar-refractivity contribution in [3.05, 3.63) is 48.0 Å². The minimum Gasteiger partial charge on any atom is -0.497 e. The lowest BCUT2D eigenvalue weighted by molar-refractivity contribution is -0.148. The van der Waals surface area contributed by atoms with Crippen molar-refractivity contribution in [2.24, 2.45) is 0 Å². The van der Waals surface area contributed by atoms with Crippen molar-refractivity contribution in [3.8, 4) is 11.5 Å². The molecule has 0 aliphatic carbocycles. The molecule has 0 aromatic heterocycles. The third-order valence-corrected chi connectivity index (χ3v) is 5.68. The van der Waals surface area contributed by atoms with Crippen LogP contribution >= 0.6 is 11.8 Å². The Kier molecular flexibility index (Phi) is 5.60. The predicted molar refractivity (Wildman–Crippen MR) is 104 cm³/mol. The van der Waals surface area contributed by atoms with Gasteiger partial charge >= 0.3 is 5.97 Å². The summed E-state index contributed by atoms with van der Waals surface area (Å²) in [6, 6.07) is 12.7. The van der Waals surface area contributed by atoms with E-state index in [0.29, 0.717) is 17.2 Å². The lowest BCUT2D eigenvalue weighted by atomic mass is 9.96. The van der Waals surface area contributed by atoms with E-state index in [1.165, 1.54) is 11.8 Å². The fraction of sp³-hybridized carbons (Fsp3) is 0.300. The molecule has 2 aromatic carbocycles. The summed E-state index contributed by atoms with van der Waals surface area (Å²) in [6.07, 6.45) is 0.143. The molecule has 0 bridgehead atoms. The van der Waals surface area contributed by atoms with Crippen LogP contribution in [0, 0.1) is 0 Å². The number of fused-ring (bicyclic) bond motifs is 1. The number of para-hydroxylation sites is 1. The zero-order chi connectivity index (χ0) is 19.4. The molecule has 1 unspecified atom stereocenters. The molecule has 1 amide bonds. The van der Waals surface area contributed by atoms with Crippen LogP contribution in [-0.2, 0) is 20.7 Å². The number of hydrogen-bond acceptors (Lipinski definition) is 6. The third-order valence-electron chi connectivity index (χ3n) is 4.26. The van der Waals surface area contributed by atoms with Crippen LogP contribution in [0.3, 0.4) is 0 Å². The standard InChI is InChI=1S/C20H21NO5S/c1-4-26-19(23)20(12-13-9-14(24-2)11-15(10-13)25-3)18(22)21-16-7-5-6-8-17(16)27-20/h5-11H,4,12H2,1-3H3,(H,21,22). The first-order valence-electron chi connectivity index (χ1n) is 8.51. The molecule has 1 atom stereocenters. The number of rotatable bonds is 6. The van der Waals surface area contributed by atoms with Crippen LogP contribution in [0.2, 0.25) is 0 Å². The molecule has 27 heavy (non-hydrogen) atoms. The van der Waals surface area contributed by atoms with Gasteiger partial charge in [-0.2, -0.15) is 0 Å². The average molecular weight is 387 g/mol. The highest BCUT2D eigenvalue weighted by atomic mass is 32.2. The van der Waals surface area contributed by atoms with E-state index >= 15 is 0 Å². The molecule has 1 N–H and O–H groups in total. The van der Waals surface area contributed by atoms with Gasteiger partial charge in [-0.1, -0.05) is 23.9 Å². The first-order chi connectivity index (χ1) is 13.0. The minimum atomic E-state index is -1.43. The molecule has 3 rings (SSSR count). The summed E-state index contributed by atoms with van der Waals surface area (Å²) in [4.78, 5) is 26.7. The highest BCUT2D eigenvalue weighted by molar-refractivity contribution is 8.02. The van der Waals surface area contributed by atoms with E-state index < -0.39 is 16.6 Å². The molecule has 1 heterocycles. The number of hydrogen-bond donors (Lipinski definition) is 1. The SMILES string of the molecule is CCOC(=O)C1(Cc2cc(OC)cc(OC)c2)Sc2ccccc2NC1=O. The Hall–Kier alpha value is -2.67. The smallest absolute Gasteiger partial charge is 0.332 e. The molecule has 0 radical (unpaired) electrons. The Bertz CT molecular complexity index is 847. The molecule has 0 fully saturated rings. The first-order valence-corrected chi connectivity index (χ1v) is 9.32. The first kappa shape index (κ1) is 19.1. The van der Waals surface area contributed by atoms with Crippen molar-refractivity contribution in [3.63, 3.8) is 0 Å². The van der Waals surface area contributed by atoms with Gasteiger partial charge in [0.25, 0.3) is 5.91 Å². The Morgan fingerprint density at radius 3 is 2.41 bits per heavy atom. The van der Waals surface area contributed by atoms with Crippen LogP contribution < -0.4 is 14.8 Å². The lowest BCUT2D eigenvalue weighted by Crippen LogP contribution is -2.51. The molecular formula is C20H21NO5S. The number of anilines is 1. The number of carbonyl (C=O) groups excluding carboxylic acids is 2. The van der Waals surface area contributed by atoms with Crippen LogP contribution in [0.15, 0.2) is 47.4 Å². The van der Waals surface area contributed by atoms with Crippen molar-refractivity contribution in [2.75, 3.05) is 26.1 Å². The Labute approximate surface area is 162 Å². The van der Waals surface area contributed by atoms with Gasteiger partial charge in [0.05, 0.1) is 26.5 Å². The molecule has 6 nitrogen and oxygen atoms in total. The van der Waals surface area contributed by atoms with E-state index in [2.05, 4.69) is 5.32 Å². The maximum Gasteiger partial charge on any atom is 0.332 e. The number of esters is 1. The van der Waals surface area contributed by atoms with Gasteiger partial charge in [0, 0.05) is 17.4 Å². The van der Waals surface area contributed by atoms with Gasteiger partial charge in [0.2, 0.25) is 4.75 Å². The van der Waals surface area contributed by atoms with Crippen LogP contribution in [0.1, 0.15) is 12.5 Å². The summed E-state index contributed by atoms with van der Waals surface area (Å²) < 4.78 is 14.5. The normalized spacial score (nSPS) is 18.3. The summed E-state index contributed by atoms with van der Waals surface area (Å²) in [7, 11) is 3.11. The number of carbonyl (C=O) groups is 2. The lowest BCUT2D eigenvalue weighted by Gasteiger charge is -2.34. The second-order valence-electron chi connectivity index (χ2n) is 6.00. The molecule has 7 heteroatoms. The zero-order valence-electron chi connectivity index (χ0n) is 15.4. The quantitative estimate of drug-likeness (QED) is 0.606. The molecule has 142 valence electrons. The largest absolute Gasteiger partial charge is 0.497 e. The highest BCUT2D eigenvalue weighted by Gasteiger charge is 2.51.